The molecule has 1 aromatic rings. The molecule has 1 fully saturated rings. The molecule has 0 aromatic carbocycles. The highest BCUT2D eigenvalue weighted by atomic mass is 28.4. The summed E-state index contributed by atoms with van der Waals surface area (Å²) in [6, 6.07) is 1.10. The Balaban J connectivity index is 2.22. The van der Waals surface area contributed by atoms with E-state index in [-0.39, 0.29) is 11.6 Å². The maximum atomic E-state index is 15.1. The van der Waals surface area contributed by atoms with E-state index in [1.807, 2.05) is 13.1 Å². The van der Waals surface area contributed by atoms with Crippen molar-refractivity contribution in [1.29, 1.82) is 0 Å². The molecule has 9 heteroatoms. The van der Waals surface area contributed by atoms with Crippen LogP contribution in [0.4, 0.5) is 4.39 Å². The quantitative estimate of drug-likeness (QED) is 0.780. The second-order valence-electron chi connectivity index (χ2n) is 8.21. The Morgan fingerprint density at radius 1 is 1.44 bits per heavy atom. The number of aromatic nitrogens is 2. The van der Waals surface area contributed by atoms with Crippen molar-refractivity contribution in [1.82, 2.24) is 9.55 Å². The zero-order valence-corrected chi connectivity index (χ0v) is 16.5. The van der Waals surface area contributed by atoms with Crippen LogP contribution >= 0.6 is 0 Å². The van der Waals surface area contributed by atoms with Crippen LogP contribution in [-0.2, 0) is 9.16 Å². The van der Waals surface area contributed by atoms with Gasteiger partial charge >= 0.3 is 5.69 Å². The van der Waals surface area contributed by atoms with Crippen molar-refractivity contribution >= 4 is 8.32 Å². The van der Waals surface area contributed by atoms with E-state index in [1.165, 1.54) is 6.92 Å². The number of aliphatic hydroxyl groups excluding tert-OH is 1. The van der Waals surface area contributed by atoms with Crippen LogP contribution in [0.15, 0.2) is 21.9 Å². The maximum absolute atomic E-state index is 15.1. The third kappa shape index (κ3) is 3.79. The van der Waals surface area contributed by atoms with Crippen LogP contribution in [0.25, 0.3) is 0 Å². The van der Waals surface area contributed by atoms with Crippen molar-refractivity contribution < 1.29 is 18.7 Å². The van der Waals surface area contributed by atoms with E-state index in [2.05, 4.69) is 25.8 Å². The Bertz CT molecular complexity index is 737. The Morgan fingerprint density at radius 2 is 2.04 bits per heavy atom. The Hall–Kier alpha value is -1.29. The SMILES string of the molecule is CC(C)(C)[Si](C)(C)OC[C@H]1O[C@@H](n2ccc(=O)[nH]c2=O)[C@@](C)(F)[C@@H]1O. The van der Waals surface area contributed by atoms with Crippen LogP contribution in [0.2, 0.25) is 18.1 Å². The first-order valence-electron chi connectivity index (χ1n) is 8.25. The summed E-state index contributed by atoms with van der Waals surface area (Å²) in [6.45, 7) is 11.5. The molecule has 142 valence electrons. The Kier molecular flexibility index (Phi) is 5.17. The average molecular weight is 374 g/mol. The summed E-state index contributed by atoms with van der Waals surface area (Å²) in [5.41, 5.74) is -3.58. The molecule has 2 N–H and O–H groups in total. The summed E-state index contributed by atoms with van der Waals surface area (Å²) in [7, 11) is -2.10. The van der Waals surface area contributed by atoms with E-state index < -0.39 is 43.7 Å². The molecule has 0 aliphatic carbocycles. The predicted molar refractivity (Wildman–Crippen MR) is 93.9 cm³/mol. The number of rotatable bonds is 4. The lowest BCUT2D eigenvalue weighted by Crippen LogP contribution is -2.46. The van der Waals surface area contributed by atoms with Crippen molar-refractivity contribution in [2.45, 2.75) is 69.9 Å². The Morgan fingerprint density at radius 3 is 2.56 bits per heavy atom. The number of nitrogens with one attached hydrogen (secondary N) is 1. The molecule has 0 spiro atoms. The first-order chi connectivity index (χ1) is 11.3. The van der Waals surface area contributed by atoms with E-state index in [4.69, 9.17) is 9.16 Å². The van der Waals surface area contributed by atoms with Crippen LogP contribution in [-0.4, -0.2) is 47.5 Å². The normalized spacial score (nSPS) is 30.6. The molecule has 25 heavy (non-hydrogen) atoms. The predicted octanol–water partition coefficient (Wildman–Crippen LogP) is 1.54. The highest BCUT2D eigenvalue weighted by Crippen LogP contribution is 2.42. The molecule has 0 bridgehead atoms. The van der Waals surface area contributed by atoms with Gasteiger partial charge in [0.1, 0.15) is 12.2 Å². The summed E-state index contributed by atoms with van der Waals surface area (Å²) in [6.07, 6.45) is -2.55. The largest absolute Gasteiger partial charge is 0.414 e. The lowest BCUT2D eigenvalue weighted by atomic mass is 9.98. The monoisotopic (exact) mass is 374 g/mol. The first-order valence-corrected chi connectivity index (χ1v) is 11.2. The molecule has 2 rings (SSSR count). The molecule has 1 aliphatic rings. The third-order valence-electron chi connectivity index (χ3n) is 5.24. The molecule has 0 saturated carbocycles. The number of hydrogen-bond acceptors (Lipinski definition) is 5. The standard InChI is InChI=1S/C16H27FN2O5Si/c1-15(2,3)25(5,6)23-9-10-12(21)16(4,17)13(24-10)19-8-7-11(20)18-14(19)22/h7-8,10,12-13,21H,9H2,1-6H3,(H,18,20,22)/t10-,12-,13-,16+/m1/s1. The maximum Gasteiger partial charge on any atom is 0.330 e. The number of aromatic amines is 1. The number of ether oxygens (including phenoxy) is 1. The van der Waals surface area contributed by atoms with Crippen LogP contribution in [0, 0.1) is 0 Å². The van der Waals surface area contributed by atoms with Gasteiger partial charge in [0.2, 0.25) is 0 Å². The number of alkyl halides is 1. The zero-order valence-electron chi connectivity index (χ0n) is 15.5. The molecular weight excluding hydrogens is 347 g/mol. The van der Waals surface area contributed by atoms with Crippen LogP contribution in [0.3, 0.4) is 0 Å². The zero-order chi connectivity index (χ0) is 19.2. The lowest BCUT2D eigenvalue weighted by molar-refractivity contribution is -0.0597. The summed E-state index contributed by atoms with van der Waals surface area (Å²) in [4.78, 5) is 25.2. The summed E-state index contributed by atoms with van der Waals surface area (Å²) in [5, 5.41) is 10.3. The number of nitrogens with zero attached hydrogens (tertiary/aromatic N) is 1. The number of H-pyrrole nitrogens is 1. The van der Waals surface area contributed by atoms with Crippen molar-refractivity contribution in [3.8, 4) is 0 Å². The lowest BCUT2D eigenvalue weighted by Gasteiger charge is -2.37. The van der Waals surface area contributed by atoms with Gasteiger partial charge in [0.25, 0.3) is 5.56 Å². The van der Waals surface area contributed by atoms with Gasteiger partial charge < -0.3 is 14.3 Å². The number of hydrogen-bond donors (Lipinski definition) is 2. The van der Waals surface area contributed by atoms with E-state index in [1.54, 1.807) is 0 Å². The van der Waals surface area contributed by atoms with Crippen LogP contribution in [0.1, 0.15) is 33.9 Å². The molecule has 0 unspecified atom stereocenters. The molecule has 1 aliphatic heterocycles. The third-order valence-corrected chi connectivity index (χ3v) is 9.74. The summed E-state index contributed by atoms with van der Waals surface area (Å²) in [5.74, 6) is 0. The molecule has 0 radical (unpaired) electrons. The molecule has 2 heterocycles. The second kappa shape index (κ2) is 6.46. The molecule has 1 aromatic heterocycles. The first kappa shape index (κ1) is 20.0. The minimum absolute atomic E-state index is 0.0335. The fourth-order valence-electron chi connectivity index (χ4n) is 2.47. The van der Waals surface area contributed by atoms with E-state index in [0.29, 0.717) is 0 Å². The second-order valence-corrected chi connectivity index (χ2v) is 13.0. The van der Waals surface area contributed by atoms with Gasteiger partial charge in [-0.3, -0.25) is 14.3 Å². The van der Waals surface area contributed by atoms with Gasteiger partial charge in [0, 0.05) is 12.3 Å². The molecule has 1 saturated heterocycles. The topological polar surface area (TPSA) is 93.5 Å². The van der Waals surface area contributed by atoms with E-state index >= 15 is 4.39 Å². The number of aliphatic hydroxyl groups is 1. The summed E-state index contributed by atoms with van der Waals surface area (Å²) < 4.78 is 27.6. The van der Waals surface area contributed by atoms with Gasteiger partial charge in [-0.25, -0.2) is 9.18 Å². The average Bonchev–Trinajstić information content (AvgIpc) is 2.67. The van der Waals surface area contributed by atoms with Crippen molar-refractivity contribution in [2.75, 3.05) is 6.61 Å². The highest BCUT2D eigenvalue weighted by Gasteiger charge is 2.55. The fraction of sp³-hybridized carbons (Fsp3) is 0.750. The van der Waals surface area contributed by atoms with Crippen LogP contribution < -0.4 is 11.2 Å². The minimum Gasteiger partial charge on any atom is -0.414 e. The molecular formula is C16H27FN2O5Si. The summed E-state index contributed by atoms with van der Waals surface area (Å²) >= 11 is 0. The fourth-order valence-corrected chi connectivity index (χ4v) is 3.48. The van der Waals surface area contributed by atoms with Gasteiger partial charge in [0.15, 0.2) is 20.2 Å². The van der Waals surface area contributed by atoms with Crippen LogP contribution in [0.5, 0.6) is 0 Å². The van der Waals surface area contributed by atoms with E-state index in [9.17, 15) is 14.7 Å². The van der Waals surface area contributed by atoms with Gasteiger partial charge in [-0.15, -0.1) is 0 Å². The molecule has 4 atom stereocenters. The number of halogens is 1. The molecule has 0 amide bonds. The van der Waals surface area contributed by atoms with Gasteiger partial charge in [-0.1, -0.05) is 20.8 Å². The van der Waals surface area contributed by atoms with Gasteiger partial charge in [0.05, 0.1) is 6.61 Å². The molecule has 7 nitrogen and oxygen atoms in total. The Labute approximate surface area is 146 Å². The van der Waals surface area contributed by atoms with E-state index in [0.717, 1.165) is 16.8 Å². The smallest absolute Gasteiger partial charge is 0.330 e. The van der Waals surface area contributed by atoms with Gasteiger partial charge in [-0.05, 0) is 25.1 Å². The van der Waals surface area contributed by atoms with Crippen molar-refractivity contribution in [2.24, 2.45) is 0 Å². The van der Waals surface area contributed by atoms with Crippen molar-refractivity contribution in [3.63, 3.8) is 0 Å². The van der Waals surface area contributed by atoms with Crippen molar-refractivity contribution in [3.05, 3.63) is 33.1 Å². The van der Waals surface area contributed by atoms with Gasteiger partial charge in [-0.2, -0.15) is 0 Å². The minimum atomic E-state index is -2.20. The highest BCUT2D eigenvalue weighted by molar-refractivity contribution is 6.74.